The quantitative estimate of drug-likeness (QED) is 0.888. The fraction of sp³-hybridized carbons (Fsp3) is 0.500. The van der Waals surface area contributed by atoms with Crippen molar-refractivity contribution in [1.29, 1.82) is 0 Å². The van der Waals surface area contributed by atoms with E-state index in [-0.39, 0.29) is 15.5 Å². The van der Waals surface area contributed by atoms with Gasteiger partial charge in [-0.2, -0.15) is 0 Å². The van der Waals surface area contributed by atoms with Crippen LogP contribution in [-0.2, 0) is 10.0 Å². The average molecular weight is 332 g/mol. The van der Waals surface area contributed by atoms with Gasteiger partial charge in [0.15, 0.2) is 0 Å². The second kappa shape index (κ2) is 5.94. The van der Waals surface area contributed by atoms with Crippen LogP contribution in [-0.4, -0.2) is 25.0 Å². The smallest absolute Gasteiger partial charge is 0.337 e. The van der Waals surface area contributed by atoms with Gasteiger partial charge in [-0.25, -0.2) is 17.9 Å². The lowest BCUT2D eigenvalue weighted by atomic mass is 9.84. The van der Waals surface area contributed by atoms with Crippen LogP contribution >= 0.6 is 11.6 Å². The number of sulfonamides is 1. The molecule has 0 atom stereocenters. The molecular weight excluding hydrogens is 314 g/mol. The van der Waals surface area contributed by atoms with Crippen LogP contribution in [0.3, 0.4) is 0 Å². The van der Waals surface area contributed by atoms with E-state index in [1.807, 2.05) is 6.92 Å². The van der Waals surface area contributed by atoms with E-state index in [2.05, 4.69) is 4.72 Å². The molecule has 1 aliphatic rings. The molecule has 0 bridgehead atoms. The van der Waals surface area contributed by atoms with Crippen LogP contribution in [0.5, 0.6) is 0 Å². The zero-order valence-electron chi connectivity index (χ0n) is 11.7. The number of carboxylic acids is 1. The molecule has 0 spiro atoms. The third kappa shape index (κ3) is 3.75. The Morgan fingerprint density at radius 1 is 1.29 bits per heavy atom. The number of benzene rings is 1. The Morgan fingerprint density at radius 3 is 2.48 bits per heavy atom. The molecular formula is C14H18ClNO4S. The minimum Gasteiger partial charge on any atom is -0.478 e. The van der Waals surface area contributed by atoms with Crippen molar-refractivity contribution >= 4 is 27.6 Å². The molecule has 0 aliphatic heterocycles. The first-order valence-corrected chi connectivity index (χ1v) is 8.66. The monoisotopic (exact) mass is 331 g/mol. The normalized spacial score (nSPS) is 18.4. The largest absolute Gasteiger partial charge is 0.478 e. The van der Waals surface area contributed by atoms with Crippen molar-refractivity contribution in [2.75, 3.05) is 0 Å². The lowest BCUT2D eigenvalue weighted by Gasteiger charge is -2.34. The van der Waals surface area contributed by atoms with Gasteiger partial charge < -0.3 is 5.11 Å². The maximum Gasteiger partial charge on any atom is 0.337 e. The standard InChI is InChI=1S/C14H18ClNO4S/c1-14(7-3-2-4-8-14)16-21(19,20)10-5-6-12(15)11(9-10)13(17)18/h5-6,9,16H,2-4,7-8H2,1H3,(H,17,18). The van der Waals surface area contributed by atoms with Crippen LogP contribution in [0.4, 0.5) is 0 Å². The summed E-state index contributed by atoms with van der Waals surface area (Å²) < 4.78 is 27.6. The van der Waals surface area contributed by atoms with Crippen LogP contribution in [0.25, 0.3) is 0 Å². The van der Waals surface area contributed by atoms with E-state index in [4.69, 9.17) is 16.7 Å². The van der Waals surface area contributed by atoms with Crippen molar-refractivity contribution in [1.82, 2.24) is 4.72 Å². The summed E-state index contributed by atoms with van der Waals surface area (Å²) in [6, 6.07) is 3.71. The predicted molar refractivity (Wildman–Crippen MR) is 80.2 cm³/mol. The number of halogens is 1. The summed E-state index contributed by atoms with van der Waals surface area (Å²) in [5.41, 5.74) is -0.687. The number of carbonyl (C=O) groups is 1. The Hall–Kier alpha value is -1.11. The van der Waals surface area contributed by atoms with Crippen LogP contribution in [0, 0.1) is 0 Å². The van der Waals surface area contributed by atoms with Gasteiger partial charge in [-0.05, 0) is 38.0 Å². The van der Waals surface area contributed by atoms with E-state index in [1.165, 1.54) is 12.1 Å². The molecule has 0 unspecified atom stereocenters. The van der Waals surface area contributed by atoms with Gasteiger partial charge in [0.1, 0.15) is 0 Å². The summed E-state index contributed by atoms with van der Waals surface area (Å²) in [6.07, 6.45) is 4.65. The molecule has 116 valence electrons. The maximum absolute atomic E-state index is 12.4. The molecule has 1 fully saturated rings. The fourth-order valence-corrected chi connectivity index (χ4v) is 4.34. The molecule has 7 heteroatoms. The summed E-state index contributed by atoms with van der Waals surface area (Å²) >= 11 is 5.76. The van der Waals surface area contributed by atoms with Gasteiger partial charge in [-0.1, -0.05) is 30.9 Å². The van der Waals surface area contributed by atoms with Gasteiger partial charge >= 0.3 is 5.97 Å². The zero-order valence-corrected chi connectivity index (χ0v) is 13.3. The van der Waals surface area contributed by atoms with Gasteiger partial charge in [0.2, 0.25) is 10.0 Å². The maximum atomic E-state index is 12.4. The molecule has 2 N–H and O–H groups in total. The number of aromatic carboxylic acids is 1. The molecule has 5 nitrogen and oxygen atoms in total. The Labute approximate surface area is 129 Å². The number of rotatable bonds is 4. The molecule has 0 radical (unpaired) electrons. The topological polar surface area (TPSA) is 83.5 Å². The van der Waals surface area contributed by atoms with Gasteiger partial charge in [0, 0.05) is 5.54 Å². The summed E-state index contributed by atoms with van der Waals surface area (Å²) in [6.45, 7) is 1.89. The average Bonchev–Trinajstić information content (AvgIpc) is 2.38. The van der Waals surface area contributed by atoms with Crippen molar-refractivity contribution in [2.24, 2.45) is 0 Å². The molecule has 0 amide bonds. The first-order valence-electron chi connectivity index (χ1n) is 6.80. The van der Waals surface area contributed by atoms with E-state index < -0.39 is 21.5 Å². The van der Waals surface area contributed by atoms with Crippen molar-refractivity contribution in [2.45, 2.75) is 49.5 Å². The molecule has 1 aliphatic carbocycles. The fourth-order valence-electron chi connectivity index (χ4n) is 2.65. The van der Waals surface area contributed by atoms with Crippen molar-refractivity contribution in [3.05, 3.63) is 28.8 Å². The number of carboxylic acid groups (broad SMARTS) is 1. The van der Waals surface area contributed by atoms with E-state index >= 15 is 0 Å². The molecule has 21 heavy (non-hydrogen) atoms. The predicted octanol–water partition coefficient (Wildman–Crippen LogP) is 3.04. The summed E-state index contributed by atoms with van der Waals surface area (Å²) in [5, 5.41) is 9.05. The highest BCUT2D eigenvalue weighted by Gasteiger charge is 2.32. The van der Waals surface area contributed by atoms with E-state index in [9.17, 15) is 13.2 Å². The Kier molecular flexibility index (Phi) is 4.60. The van der Waals surface area contributed by atoms with Gasteiger partial charge in [-0.15, -0.1) is 0 Å². The second-order valence-electron chi connectivity index (χ2n) is 5.67. The molecule has 0 aromatic heterocycles. The van der Waals surface area contributed by atoms with E-state index in [0.717, 1.165) is 38.2 Å². The lowest BCUT2D eigenvalue weighted by molar-refractivity contribution is 0.0697. The van der Waals surface area contributed by atoms with Crippen LogP contribution in [0.15, 0.2) is 23.1 Å². The van der Waals surface area contributed by atoms with Crippen LogP contribution in [0.2, 0.25) is 5.02 Å². The minimum absolute atomic E-state index is 0.0188. The van der Waals surface area contributed by atoms with Crippen LogP contribution < -0.4 is 4.72 Å². The van der Waals surface area contributed by atoms with Crippen molar-refractivity contribution in [3.63, 3.8) is 0 Å². The first kappa shape index (κ1) is 16.3. The number of hydrogen-bond acceptors (Lipinski definition) is 3. The highest BCUT2D eigenvalue weighted by atomic mass is 35.5. The molecule has 1 saturated carbocycles. The molecule has 0 saturated heterocycles. The molecule has 1 aromatic carbocycles. The lowest BCUT2D eigenvalue weighted by Crippen LogP contribution is -2.47. The first-order chi connectivity index (χ1) is 9.73. The highest BCUT2D eigenvalue weighted by molar-refractivity contribution is 7.89. The van der Waals surface area contributed by atoms with Crippen molar-refractivity contribution in [3.8, 4) is 0 Å². The number of nitrogens with one attached hydrogen (secondary N) is 1. The Balaban J connectivity index is 2.31. The van der Waals surface area contributed by atoms with E-state index in [0.29, 0.717) is 0 Å². The third-order valence-electron chi connectivity index (χ3n) is 3.82. The summed E-state index contributed by atoms with van der Waals surface area (Å²) in [7, 11) is -3.76. The highest BCUT2D eigenvalue weighted by Crippen LogP contribution is 2.30. The Bertz CT molecular complexity index is 651. The Morgan fingerprint density at radius 2 is 1.90 bits per heavy atom. The van der Waals surface area contributed by atoms with Gasteiger partial charge in [0.25, 0.3) is 0 Å². The minimum atomic E-state index is -3.76. The zero-order chi connectivity index (χ0) is 15.7. The molecule has 0 heterocycles. The van der Waals surface area contributed by atoms with E-state index in [1.54, 1.807) is 0 Å². The third-order valence-corrected chi connectivity index (χ3v) is 5.78. The van der Waals surface area contributed by atoms with Gasteiger partial charge in [0.05, 0.1) is 15.5 Å². The van der Waals surface area contributed by atoms with Crippen LogP contribution in [0.1, 0.15) is 49.4 Å². The molecule has 2 rings (SSSR count). The summed E-state index contributed by atoms with van der Waals surface area (Å²) in [5.74, 6) is -1.25. The molecule has 1 aromatic rings. The summed E-state index contributed by atoms with van der Waals surface area (Å²) in [4.78, 5) is 11.0. The second-order valence-corrected chi connectivity index (χ2v) is 7.76. The SMILES string of the molecule is CC1(NS(=O)(=O)c2ccc(Cl)c(C(=O)O)c2)CCCCC1. The van der Waals surface area contributed by atoms with Gasteiger partial charge in [-0.3, -0.25) is 0 Å². The van der Waals surface area contributed by atoms with Crippen molar-refractivity contribution < 1.29 is 18.3 Å². The number of hydrogen-bond donors (Lipinski definition) is 2.